The van der Waals surface area contributed by atoms with Crippen molar-refractivity contribution in [2.75, 3.05) is 0 Å². The Balaban J connectivity index is 2.48. The van der Waals surface area contributed by atoms with Crippen molar-refractivity contribution in [1.29, 1.82) is 0 Å². The molecule has 1 aliphatic rings. The molecule has 124 valence electrons. The topological polar surface area (TPSA) is 69.7 Å². The molecule has 0 saturated carbocycles. The number of hydrogen-bond acceptors (Lipinski definition) is 5. The van der Waals surface area contributed by atoms with Gasteiger partial charge in [-0.3, -0.25) is 9.59 Å². The number of carbonyl (C=O) groups excluding carboxylic acids is 3. The third-order valence-electron chi connectivity index (χ3n) is 3.95. The van der Waals surface area contributed by atoms with Gasteiger partial charge in [-0.05, 0) is 31.9 Å². The Labute approximate surface area is 136 Å². The summed E-state index contributed by atoms with van der Waals surface area (Å²) in [6.07, 6.45) is 3.36. The maximum atomic E-state index is 12.5. The van der Waals surface area contributed by atoms with Crippen LogP contribution in [0.5, 0.6) is 11.5 Å². The minimum atomic E-state index is -0.706. The molecule has 0 bridgehead atoms. The Bertz CT molecular complexity index is 635. The number of fused-ring (bicyclic) bond motifs is 1. The predicted molar refractivity (Wildman–Crippen MR) is 85.0 cm³/mol. The number of benzene rings is 1. The average molecular weight is 318 g/mol. The zero-order valence-electron chi connectivity index (χ0n) is 13.8. The molecule has 0 aromatic heterocycles. The van der Waals surface area contributed by atoms with Crippen molar-refractivity contribution in [3.63, 3.8) is 0 Å². The third-order valence-corrected chi connectivity index (χ3v) is 3.95. The summed E-state index contributed by atoms with van der Waals surface area (Å²) in [5.41, 5.74) is 0.556. The Morgan fingerprint density at radius 3 is 2.78 bits per heavy atom. The molecule has 23 heavy (non-hydrogen) atoms. The lowest BCUT2D eigenvalue weighted by Gasteiger charge is -2.36. The average Bonchev–Trinajstić information content (AvgIpc) is 2.47. The fourth-order valence-electron chi connectivity index (χ4n) is 2.90. The van der Waals surface area contributed by atoms with Crippen LogP contribution in [0.3, 0.4) is 0 Å². The highest BCUT2D eigenvalue weighted by atomic mass is 16.5. The monoisotopic (exact) mass is 318 g/mol. The fraction of sp³-hybridized carbons (Fsp3) is 0.500. The second kappa shape index (κ2) is 6.94. The number of aldehydes is 1. The van der Waals surface area contributed by atoms with Gasteiger partial charge in [-0.25, -0.2) is 0 Å². The molecule has 1 unspecified atom stereocenters. The summed E-state index contributed by atoms with van der Waals surface area (Å²) >= 11 is 0. The molecular formula is C18H22O5. The number of esters is 1. The zero-order valence-corrected chi connectivity index (χ0v) is 13.8. The number of hydrogen-bond donors (Lipinski definition) is 0. The van der Waals surface area contributed by atoms with E-state index in [1.165, 1.54) is 6.92 Å². The number of ether oxygens (including phenoxy) is 2. The molecule has 1 aliphatic heterocycles. The lowest BCUT2D eigenvalue weighted by molar-refractivity contribution is -0.132. The summed E-state index contributed by atoms with van der Waals surface area (Å²) < 4.78 is 11.4. The minimum Gasteiger partial charge on any atom is -0.486 e. The van der Waals surface area contributed by atoms with Crippen LogP contribution in [0.15, 0.2) is 12.1 Å². The Morgan fingerprint density at radius 2 is 2.17 bits per heavy atom. The minimum absolute atomic E-state index is 0.00798. The molecule has 2 rings (SSSR count). The van der Waals surface area contributed by atoms with Gasteiger partial charge in [0.1, 0.15) is 23.4 Å². The van der Waals surface area contributed by atoms with Gasteiger partial charge in [0.25, 0.3) is 0 Å². The van der Waals surface area contributed by atoms with Crippen LogP contribution in [-0.4, -0.2) is 23.6 Å². The van der Waals surface area contributed by atoms with Crippen molar-refractivity contribution in [3.8, 4) is 11.5 Å². The van der Waals surface area contributed by atoms with Gasteiger partial charge in [-0.1, -0.05) is 13.3 Å². The summed E-state index contributed by atoms with van der Waals surface area (Å²) in [6, 6.07) is 3.30. The molecule has 0 aliphatic carbocycles. The fourth-order valence-corrected chi connectivity index (χ4v) is 2.90. The maximum Gasteiger partial charge on any atom is 0.308 e. The number of Topliss-reactive ketones (excluding diaryl/α,β-unsaturated/α-hetero) is 1. The first-order valence-corrected chi connectivity index (χ1v) is 7.90. The van der Waals surface area contributed by atoms with E-state index >= 15 is 0 Å². The van der Waals surface area contributed by atoms with Gasteiger partial charge in [0.15, 0.2) is 5.78 Å². The Kier molecular flexibility index (Phi) is 5.19. The van der Waals surface area contributed by atoms with E-state index in [9.17, 15) is 14.4 Å². The van der Waals surface area contributed by atoms with E-state index in [0.717, 1.165) is 18.3 Å². The normalized spacial score (nSPS) is 19.7. The molecule has 5 heteroatoms. The van der Waals surface area contributed by atoms with E-state index in [1.54, 1.807) is 12.1 Å². The second-order valence-corrected chi connectivity index (χ2v) is 6.12. The lowest BCUT2D eigenvalue weighted by atomic mass is 9.86. The van der Waals surface area contributed by atoms with Crippen LogP contribution in [-0.2, 0) is 16.0 Å². The highest BCUT2D eigenvalue weighted by Crippen LogP contribution is 2.42. The third kappa shape index (κ3) is 3.78. The lowest BCUT2D eigenvalue weighted by Crippen LogP contribution is -2.39. The van der Waals surface area contributed by atoms with Crippen molar-refractivity contribution >= 4 is 18.0 Å². The summed E-state index contributed by atoms with van der Waals surface area (Å²) in [7, 11) is 0. The van der Waals surface area contributed by atoms with E-state index in [2.05, 4.69) is 0 Å². The van der Waals surface area contributed by atoms with Crippen LogP contribution in [0.2, 0.25) is 0 Å². The second-order valence-electron chi connectivity index (χ2n) is 6.12. The van der Waals surface area contributed by atoms with E-state index in [4.69, 9.17) is 9.47 Å². The summed E-state index contributed by atoms with van der Waals surface area (Å²) in [5, 5.41) is 0. The van der Waals surface area contributed by atoms with E-state index < -0.39 is 11.6 Å². The molecule has 0 radical (unpaired) electrons. The van der Waals surface area contributed by atoms with Gasteiger partial charge in [-0.15, -0.1) is 0 Å². The molecule has 1 aromatic carbocycles. The van der Waals surface area contributed by atoms with Gasteiger partial charge in [0.05, 0.1) is 12.0 Å². The molecule has 5 nitrogen and oxygen atoms in total. The summed E-state index contributed by atoms with van der Waals surface area (Å²) in [4.78, 5) is 34.4. The molecule has 1 aromatic rings. The van der Waals surface area contributed by atoms with Crippen molar-refractivity contribution in [3.05, 3.63) is 23.3 Å². The highest BCUT2D eigenvalue weighted by Gasteiger charge is 2.38. The zero-order chi connectivity index (χ0) is 17.0. The van der Waals surface area contributed by atoms with Crippen LogP contribution in [0.1, 0.15) is 62.4 Å². The highest BCUT2D eigenvalue weighted by molar-refractivity contribution is 6.01. The smallest absolute Gasteiger partial charge is 0.308 e. The number of carbonyl (C=O) groups is 3. The van der Waals surface area contributed by atoms with Gasteiger partial charge >= 0.3 is 5.97 Å². The van der Waals surface area contributed by atoms with Crippen molar-refractivity contribution in [2.45, 2.75) is 58.5 Å². The van der Waals surface area contributed by atoms with E-state index in [0.29, 0.717) is 36.3 Å². The SMILES string of the molecule is CCCc1c(OC(C)=O)ccc2c1OC(C)(CCC=O)CC2=O. The first-order chi connectivity index (χ1) is 10.9. The van der Waals surface area contributed by atoms with Crippen molar-refractivity contribution in [2.24, 2.45) is 0 Å². The molecule has 0 amide bonds. The van der Waals surface area contributed by atoms with Crippen LogP contribution >= 0.6 is 0 Å². The van der Waals surface area contributed by atoms with Crippen molar-refractivity contribution in [1.82, 2.24) is 0 Å². The Hall–Kier alpha value is -2.17. The standard InChI is InChI=1S/C18H22O5/c1-4-6-14-16(22-12(2)20)8-7-13-15(21)11-18(3,9-5-10-19)23-17(13)14/h7-8,10H,4-6,9,11H2,1-3H3. The first kappa shape index (κ1) is 17.2. The molecule has 0 spiro atoms. The van der Waals surface area contributed by atoms with E-state index in [-0.39, 0.29) is 12.2 Å². The number of rotatable bonds is 6. The molecular weight excluding hydrogens is 296 g/mol. The van der Waals surface area contributed by atoms with Gasteiger partial charge in [-0.2, -0.15) is 0 Å². The summed E-state index contributed by atoms with van der Waals surface area (Å²) in [6.45, 7) is 5.19. The maximum absolute atomic E-state index is 12.5. The predicted octanol–water partition coefficient (Wildman–Crippen LogP) is 3.27. The number of ketones is 1. The van der Waals surface area contributed by atoms with Crippen LogP contribution in [0.4, 0.5) is 0 Å². The Morgan fingerprint density at radius 1 is 1.43 bits per heavy atom. The molecule has 0 saturated heterocycles. The van der Waals surface area contributed by atoms with Crippen LogP contribution in [0, 0.1) is 0 Å². The first-order valence-electron chi connectivity index (χ1n) is 7.90. The van der Waals surface area contributed by atoms with Crippen LogP contribution in [0.25, 0.3) is 0 Å². The molecule has 0 fully saturated rings. The molecule has 1 heterocycles. The largest absolute Gasteiger partial charge is 0.486 e. The van der Waals surface area contributed by atoms with Crippen molar-refractivity contribution < 1.29 is 23.9 Å². The molecule has 0 N–H and O–H groups in total. The van der Waals surface area contributed by atoms with Crippen LogP contribution < -0.4 is 9.47 Å². The quantitative estimate of drug-likeness (QED) is 0.457. The van der Waals surface area contributed by atoms with Gasteiger partial charge in [0.2, 0.25) is 0 Å². The van der Waals surface area contributed by atoms with E-state index in [1.807, 2.05) is 13.8 Å². The van der Waals surface area contributed by atoms with Gasteiger partial charge in [0, 0.05) is 18.9 Å². The van der Waals surface area contributed by atoms with Gasteiger partial charge < -0.3 is 14.3 Å². The summed E-state index contributed by atoms with van der Waals surface area (Å²) in [5.74, 6) is 0.514. The molecule has 1 atom stereocenters.